The van der Waals surface area contributed by atoms with Gasteiger partial charge >= 0.3 is 0 Å². The quantitative estimate of drug-likeness (QED) is 0.809. The third-order valence-electron chi connectivity index (χ3n) is 2.64. The van der Waals surface area contributed by atoms with Crippen LogP contribution in [0.1, 0.15) is 26.5 Å². The Morgan fingerprint density at radius 2 is 1.75 bits per heavy atom. The third-order valence-corrected chi connectivity index (χ3v) is 3.99. The zero-order valence-electron chi connectivity index (χ0n) is 11.9. The van der Waals surface area contributed by atoms with Gasteiger partial charge in [-0.05, 0) is 32.9 Å². The number of nitrogens with zero attached hydrogens (tertiary/aromatic N) is 2. The first-order valence-corrected chi connectivity index (χ1v) is 7.56. The second kappa shape index (κ2) is 6.09. The first-order valence-electron chi connectivity index (χ1n) is 6.45. The lowest BCUT2D eigenvalue weighted by Crippen LogP contribution is -2.19. The monoisotopic (exact) mass is 286 g/mol. The molecule has 1 aromatic heterocycles. The summed E-state index contributed by atoms with van der Waals surface area (Å²) in [5, 5.41) is 0. The van der Waals surface area contributed by atoms with E-state index in [0.717, 1.165) is 11.3 Å². The summed E-state index contributed by atoms with van der Waals surface area (Å²) >= 11 is 0. The fourth-order valence-corrected chi connectivity index (χ4v) is 2.07. The predicted molar refractivity (Wildman–Crippen MR) is 85.2 cm³/mol. The van der Waals surface area contributed by atoms with E-state index in [1.54, 1.807) is 6.21 Å². The van der Waals surface area contributed by atoms with Gasteiger partial charge in [-0.3, -0.25) is 0 Å². The highest BCUT2D eigenvalue weighted by molar-refractivity contribution is 7.85. The molecule has 4 heteroatoms. The highest BCUT2D eigenvalue weighted by Gasteiger charge is 2.18. The fraction of sp³-hybridized carbons (Fsp3) is 0.250. The SMILES string of the molecule is CC(C)(C)[S@@](=O)N=Cc1cccc(-c2ccccc2)n1. The molecule has 0 aliphatic heterocycles. The minimum absolute atomic E-state index is 0.354. The number of hydrogen-bond acceptors (Lipinski definition) is 2. The summed E-state index contributed by atoms with van der Waals surface area (Å²) < 4.78 is 15.6. The number of hydrogen-bond donors (Lipinski definition) is 0. The van der Waals surface area contributed by atoms with Crippen molar-refractivity contribution in [2.45, 2.75) is 25.5 Å². The zero-order chi connectivity index (χ0) is 14.6. The second-order valence-corrected chi connectivity index (χ2v) is 7.34. The molecule has 0 amide bonds. The molecule has 104 valence electrons. The van der Waals surface area contributed by atoms with E-state index in [4.69, 9.17) is 0 Å². The highest BCUT2D eigenvalue weighted by atomic mass is 32.2. The molecule has 2 aromatic rings. The van der Waals surface area contributed by atoms with Crippen molar-refractivity contribution < 1.29 is 4.21 Å². The largest absolute Gasteiger partial charge is 0.247 e. The van der Waals surface area contributed by atoms with Gasteiger partial charge in [-0.25, -0.2) is 9.19 Å². The molecule has 20 heavy (non-hydrogen) atoms. The normalized spacial score (nSPS) is 13.6. The molecule has 1 aromatic carbocycles. The third kappa shape index (κ3) is 3.84. The second-order valence-electron chi connectivity index (χ2n) is 5.41. The Labute approximate surface area is 122 Å². The molecule has 0 unspecified atom stereocenters. The standard InChI is InChI=1S/C16H18N2OS/c1-16(2,3)20(19)17-12-14-10-7-11-15(18-14)13-8-5-4-6-9-13/h4-12H,1-3H3/t20-/m1/s1. The first-order chi connectivity index (χ1) is 9.47. The van der Waals surface area contributed by atoms with E-state index in [1.165, 1.54) is 0 Å². The van der Waals surface area contributed by atoms with Crippen LogP contribution >= 0.6 is 0 Å². The smallest absolute Gasteiger partial charge is 0.144 e. The van der Waals surface area contributed by atoms with Crippen molar-refractivity contribution in [1.29, 1.82) is 0 Å². The van der Waals surface area contributed by atoms with Crippen LogP contribution in [0.25, 0.3) is 11.3 Å². The lowest BCUT2D eigenvalue weighted by atomic mass is 10.1. The maximum Gasteiger partial charge on any atom is 0.144 e. The Bertz CT molecular complexity index is 630. The van der Waals surface area contributed by atoms with E-state index >= 15 is 0 Å². The maximum absolute atomic E-state index is 11.9. The van der Waals surface area contributed by atoms with Crippen LogP contribution in [-0.4, -0.2) is 20.2 Å². The molecule has 0 radical (unpaired) electrons. The van der Waals surface area contributed by atoms with Gasteiger partial charge in [-0.15, -0.1) is 0 Å². The van der Waals surface area contributed by atoms with Gasteiger partial charge in [0, 0.05) is 5.56 Å². The van der Waals surface area contributed by atoms with Crippen molar-refractivity contribution >= 4 is 17.2 Å². The van der Waals surface area contributed by atoms with E-state index in [2.05, 4.69) is 9.38 Å². The van der Waals surface area contributed by atoms with Crippen LogP contribution in [0.2, 0.25) is 0 Å². The average Bonchev–Trinajstić information content (AvgIpc) is 2.45. The molecule has 0 fully saturated rings. The van der Waals surface area contributed by atoms with E-state index in [9.17, 15) is 4.21 Å². The Morgan fingerprint density at radius 1 is 1.05 bits per heavy atom. The van der Waals surface area contributed by atoms with Gasteiger partial charge in [0.1, 0.15) is 11.0 Å². The lowest BCUT2D eigenvalue weighted by Gasteiger charge is -2.12. The molecule has 0 saturated carbocycles. The minimum Gasteiger partial charge on any atom is -0.247 e. The van der Waals surface area contributed by atoms with E-state index in [-0.39, 0.29) is 4.75 Å². The van der Waals surface area contributed by atoms with Crippen LogP contribution in [0.5, 0.6) is 0 Å². The lowest BCUT2D eigenvalue weighted by molar-refractivity contribution is 0.651. The summed E-state index contributed by atoms with van der Waals surface area (Å²) in [6.07, 6.45) is 1.58. The van der Waals surface area contributed by atoms with Gasteiger partial charge in [0.25, 0.3) is 0 Å². The van der Waals surface area contributed by atoms with Crippen LogP contribution in [0.15, 0.2) is 52.9 Å². The molecule has 0 aliphatic rings. The number of pyridine rings is 1. The van der Waals surface area contributed by atoms with Crippen molar-refractivity contribution in [1.82, 2.24) is 4.98 Å². The Balaban J connectivity index is 2.23. The number of aromatic nitrogens is 1. The molecule has 0 spiro atoms. The van der Waals surface area contributed by atoms with Crippen molar-refractivity contribution in [3.05, 3.63) is 54.2 Å². The van der Waals surface area contributed by atoms with E-state index in [0.29, 0.717) is 5.69 Å². The summed E-state index contributed by atoms with van der Waals surface area (Å²) in [4.78, 5) is 4.51. The van der Waals surface area contributed by atoms with Crippen molar-refractivity contribution in [2.24, 2.45) is 4.40 Å². The van der Waals surface area contributed by atoms with Crippen molar-refractivity contribution in [3.8, 4) is 11.3 Å². The van der Waals surface area contributed by atoms with Crippen LogP contribution in [0.3, 0.4) is 0 Å². The minimum atomic E-state index is -1.26. The van der Waals surface area contributed by atoms with E-state index < -0.39 is 11.0 Å². The molecule has 0 saturated heterocycles. The first kappa shape index (κ1) is 14.6. The van der Waals surface area contributed by atoms with Gasteiger partial charge in [-0.1, -0.05) is 36.4 Å². The molecular formula is C16H18N2OS. The maximum atomic E-state index is 11.9. The molecule has 0 bridgehead atoms. The summed E-state index contributed by atoms with van der Waals surface area (Å²) in [5.74, 6) is 0. The van der Waals surface area contributed by atoms with Gasteiger partial charge in [0.15, 0.2) is 0 Å². The molecule has 0 N–H and O–H groups in total. The molecular weight excluding hydrogens is 268 g/mol. The summed E-state index contributed by atoms with van der Waals surface area (Å²) in [6, 6.07) is 15.7. The summed E-state index contributed by atoms with van der Waals surface area (Å²) in [7, 11) is -1.26. The molecule has 1 heterocycles. The topological polar surface area (TPSA) is 42.3 Å². The molecule has 2 rings (SSSR count). The van der Waals surface area contributed by atoms with Crippen molar-refractivity contribution in [3.63, 3.8) is 0 Å². The van der Waals surface area contributed by atoms with Crippen LogP contribution in [0.4, 0.5) is 0 Å². The number of benzene rings is 1. The average molecular weight is 286 g/mol. The highest BCUT2D eigenvalue weighted by Crippen LogP contribution is 2.16. The molecule has 0 aliphatic carbocycles. The zero-order valence-corrected chi connectivity index (χ0v) is 12.7. The van der Waals surface area contributed by atoms with Crippen LogP contribution in [-0.2, 0) is 11.0 Å². The Kier molecular flexibility index (Phi) is 4.45. The van der Waals surface area contributed by atoms with Gasteiger partial charge < -0.3 is 0 Å². The fourth-order valence-electron chi connectivity index (χ4n) is 1.55. The summed E-state index contributed by atoms with van der Waals surface area (Å²) in [5.41, 5.74) is 2.65. The Hall–Kier alpha value is -1.81. The van der Waals surface area contributed by atoms with Gasteiger partial charge in [0.2, 0.25) is 0 Å². The van der Waals surface area contributed by atoms with Crippen molar-refractivity contribution in [2.75, 3.05) is 0 Å². The van der Waals surface area contributed by atoms with Crippen LogP contribution in [0, 0.1) is 0 Å². The van der Waals surface area contributed by atoms with Crippen LogP contribution < -0.4 is 0 Å². The molecule has 3 nitrogen and oxygen atoms in total. The summed E-state index contributed by atoms with van der Waals surface area (Å²) in [6.45, 7) is 5.69. The van der Waals surface area contributed by atoms with Gasteiger partial charge in [-0.2, -0.15) is 4.40 Å². The predicted octanol–water partition coefficient (Wildman–Crippen LogP) is 3.63. The molecule has 1 atom stereocenters. The Morgan fingerprint density at radius 3 is 2.40 bits per heavy atom. The number of rotatable bonds is 3. The van der Waals surface area contributed by atoms with E-state index in [1.807, 2.05) is 69.3 Å². The van der Waals surface area contributed by atoms with Gasteiger partial charge in [0.05, 0.1) is 22.3 Å².